The lowest BCUT2D eigenvalue weighted by atomic mass is 9.80. The molecule has 1 fully saturated rings. The van der Waals surface area contributed by atoms with Gasteiger partial charge in [-0.3, -0.25) is 0 Å². The van der Waals surface area contributed by atoms with Crippen molar-refractivity contribution >= 4 is 23.7 Å². The molecule has 6 heteroatoms. The predicted octanol–water partition coefficient (Wildman–Crippen LogP) is 1.82. The lowest BCUT2D eigenvalue weighted by Crippen LogP contribution is -2.41. The largest absolute Gasteiger partial charge is 0.496 e. The van der Waals surface area contributed by atoms with E-state index in [1.807, 2.05) is 33.8 Å². The maximum Gasteiger partial charge on any atom is 0.496 e. The predicted molar refractivity (Wildman–Crippen MR) is 79.0 cm³/mol. The van der Waals surface area contributed by atoms with Crippen molar-refractivity contribution in [1.82, 2.24) is 15.0 Å². The Hall–Kier alpha value is -1.40. The molecule has 1 saturated heterocycles. The Bertz CT molecular complexity index is 635. The average Bonchev–Trinajstić information content (AvgIpc) is 2.87. The minimum Gasteiger partial charge on any atom is -0.399 e. The van der Waals surface area contributed by atoms with E-state index in [1.54, 1.807) is 6.20 Å². The van der Waals surface area contributed by atoms with E-state index in [2.05, 4.69) is 21.9 Å². The second-order valence-electron chi connectivity index (χ2n) is 6.27. The number of imidazole rings is 1. The highest BCUT2D eigenvalue weighted by molar-refractivity contribution is 6.62. The summed E-state index contributed by atoms with van der Waals surface area (Å²) in [4.78, 5) is 12.1. The summed E-state index contributed by atoms with van der Waals surface area (Å²) < 4.78 is 12.1. The van der Waals surface area contributed by atoms with Gasteiger partial charge in [-0.05, 0) is 33.8 Å². The Kier molecular flexibility index (Phi) is 2.92. The van der Waals surface area contributed by atoms with Crippen molar-refractivity contribution < 1.29 is 9.31 Å². The van der Waals surface area contributed by atoms with Crippen LogP contribution < -0.4 is 5.46 Å². The maximum absolute atomic E-state index is 6.04. The van der Waals surface area contributed by atoms with Crippen molar-refractivity contribution in [3.05, 3.63) is 18.1 Å². The first-order valence-corrected chi connectivity index (χ1v) is 7.02. The van der Waals surface area contributed by atoms with E-state index in [0.29, 0.717) is 0 Å². The lowest BCUT2D eigenvalue weighted by molar-refractivity contribution is 0.00578. The highest BCUT2D eigenvalue weighted by atomic mass is 16.7. The smallest absolute Gasteiger partial charge is 0.399 e. The van der Waals surface area contributed by atoms with E-state index in [4.69, 9.17) is 9.31 Å². The van der Waals surface area contributed by atoms with Gasteiger partial charge < -0.3 is 14.3 Å². The molecule has 0 aromatic carbocycles. The number of aromatic amines is 1. The summed E-state index contributed by atoms with van der Waals surface area (Å²) >= 11 is 0. The minimum atomic E-state index is -0.384. The van der Waals surface area contributed by atoms with Crippen molar-refractivity contribution in [2.45, 2.75) is 52.2 Å². The molecule has 0 radical (unpaired) electrons. The molecule has 1 N–H and O–H groups in total. The molecule has 0 spiro atoms. The SMILES string of the molecule is CCc1nc2ncc(B3OC(C)(C)C(C)(C)O3)cc2[nH]1. The van der Waals surface area contributed by atoms with Gasteiger partial charge in [0.25, 0.3) is 0 Å². The minimum absolute atomic E-state index is 0.338. The van der Waals surface area contributed by atoms with Gasteiger partial charge in [0.05, 0.1) is 16.7 Å². The summed E-state index contributed by atoms with van der Waals surface area (Å²) in [5.41, 5.74) is 1.91. The van der Waals surface area contributed by atoms with Gasteiger partial charge in [0, 0.05) is 18.1 Å². The molecule has 0 atom stereocenters. The summed E-state index contributed by atoms with van der Waals surface area (Å²) in [6.45, 7) is 10.2. The topological polar surface area (TPSA) is 60.0 Å². The fourth-order valence-electron chi connectivity index (χ4n) is 2.24. The fourth-order valence-corrected chi connectivity index (χ4v) is 2.24. The number of hydrogen-bond donors (Lipinski definition) is 1. The van der Waals surface area contributed by atoms with Crippen LogP contribution in [0.15, 0.2) is 12.3 Å². The number of aryl methyl sites for hydroxylation is 1. The second kappa shape index (κ2) is 4.30. The van der Waals surface area contributed by atoms with E-state index in [1.165, 1.54) is 0 Å². The summed E-state index contributed by atoms with van der Waals surface area (Å²) in [7, 11) is -0.384. The zero-order valence-electron chi connectivity index (χ0n) is 12.7. The molecular formula is C14H20BN3O2. The van der Waals surface area contributed by atoms with Crippen LogP contribution in [-0.4, -0.2) is 33.3 Å². The monoisotopic (exact) mass is 273 g/mol. The molecule has 0 amide bonds. The standard InChI is InChI=1S/C14H20BN3O2/c1-6-11-17-10-7-9(8-16-12(10)18-11)15-19-13(2,3)14(4,5)20-15/h7-8H,6H2,1-5H3,(H,16,17,18). The van der Waals surface area contributed by atoms with Crippen LogP contribution in [0.3, 0.4) is 0 Å². The molecule has 106 valence electrons. The number of hydrogen-bond acceptors (Lipinski definition) is 4. The molecule has 20 heavy (non-hydrogen) atoms. The molecule has 0 aliphatic carbocycles. The first kappa shape index (κ1) is 13.6. The van der Waals surface area contributed by atoms with Crippen molar-refractivity contribution in [3.8, 4) is 0 Å². The van der Waals surface area contributed by atoms with Gasteiger partial charge in [0.1, 0.15) is 5.82 Å². The zero-order chi connectivity index (χ0) is 14.5. The van der Waals surface area contributed by atoms with Gasteiger partial charge in [0.2, 0.25) is 0 Å². The van der Waals surface area contributed by atoms with Crippen molar-refractivity contribution in [3.63, 3.8) is 0 Å². The highest BCUT2D eigenvalue weighted by Crippen LogP contribution is 2.36. The number of nitrogens with one attached hydrogen (secondary N) is 1. The molecule has 3 rings (SSSR count). The van der Waals surface area contributed by atoms with Crippen LogP contribution in [0, 0.1) is 0 Å². The van der Waals surface area contributed by atoms with Gasteiger partial charge in [-0.25, -0.2) is 9.97 Å². The Morgan fingerprint density at radius 1 is 1.20 bits per heavy atom. The van der Waals surface area contributed by atoms with Gasteiger partial charge >= 0.3 is 7.12 Å². The maximum atomic E-state index is 6.04. The molecule has 2 aromatic heterocycles. The number of rotatable bonds is 2. The summed E-state index contributed by atoms with van der Waals surface area (Å²) in [5, 5.41) is 0. The molecule has 2 aromatic rings. The molecule has 5 nitrogen and oxygen atoms in total. The third-order valence-corrected chi connectivity index (χ3v) is 4.27. The fraction of sp³-hybridized carbons (Fsp3) is 0.571. The average molecular weight is 273 g/mol. The number of aromatic nitrogens is 3. The molecule has 0 unspecified atom stereocenters. The first-order valence-electron chi connectivity index (χ1n) is 7.02. The van der Waals surface area contributed by atoms with E-state index >= 15 is 0 Å². The Labute approximate surface area is 119 Å². The van der Waals surface area contributed by atoms with Crippen LogP contribution >= 0.6 is 0 Å². The Balaban J connectivity index is 1.95. The first-order chi connectivity index (χ1) is 9.32. The van der Waals surface area contributed by atoms with Gasteiger partial charge in [-0.2, -0.15) is 0 Å². The summed E-state index contributed by atoms with van der Waals surface area (Å²) in [6.07, 6.45) is 2.65. The van der Waals surface area contributed by atoms with Gasteiger partial charge in [-0.15, -0.1) is 0 Å². The molecular weight excluding hydrogens is 253 g/mol. The van der Waals surface area contributed by atoms with Crippen LogP contribution in [0.4, 0.5) is 0 Å². The Morgan fingerprint density at radius 3 is 2.45 bits per heavy atom. The van der Waals surface area contributed by atoms with Crippen LogP contribution in [-0.2, 0) is 15.7 Å². The molecule has 3 heterocycles. The third-order valence-electron chi connectivity index (χ3n) is 4.27. The summed E-state index contributed by atoms with van der Waals surface area (Å²) in [5.74, 6) is 0.943. The molecule has 0 bridgehead atoms. The number of H-pyrrole nitrogens is 1. The van der Waals surface area contributed by atoms with Gasteiger partial charge in [0.15, 0.2) is 5.65 Å². The molecule has 1 aliphatic heterocycles. The van der Waals surface area contributed by atoms with Crippen LogP contribution in [0.2, 0.25) is 0 Å². The van der Waals surface area contributed by atoms with Crippen molar-refractivity contribution in [1.29, 1.82) is 0 Å². The van der Waals surface area contributed by atoms with E-state index in [-0.39, 0.29) is 18.3 Å². The molecule has 1 aliphatic rings. The lowest BCUT2D eigenvalue weighted by Gasteiger charge is -2.32. The van der Waals surface area contributed by atoms with Crippen LogP contribution in [0.25, 0.3) is 11.2 Å². The second-order valence-corrected chi connectivity index (χ2v) is 6.27. The van der Waals surface area contributed by atoms with E-state index < -0.39 is 0 Å². The molecule has 0 saturated carbocycles. The summed E-state index contributed by atoms with van der Waals surface area (Å²) in [6, 6.07) is 2.01. The number of nitrogens with zero attached hydrogens (tertiary/aromatic N) is 2. The quantitative estimate of drug-likeness (QED) is 0.848. The van der Waals surface area contributed by atoms with Gasteiger partial charge in [-0.1, -0.05) is 6.92 Å². The van der Waals surface area contributed by atoms with Crippen LogP contribution in [0.5, 0.6) is 0 Å². The number of fused-ring (bicyclic) bond motifs is 1. The van der Waals surface area contributed by atoms with E-state index in [0.717, 1.165) is 28.9 Å². The van der Waals surface area contributed by atoms with Crippen molar-refractivity contribution in [2.24, 2.45) is 0 Å². The highest BCUT2D eigenvalue weighted by Gasteiger charge is 2.51. The van der Waals surface area contributed by atoms with Crippen LogP contribution in [0.1, 0.15) is 40.4 Å². The number of pyridine rings is 1. The Morgan fingerprint density at radius 2 is 1.85 bits per heavy atom. The normalized spacial score (nSPS) is 20.8. The van der Waals surface area contributed by atoms with E-state index in [9.17, 15) is 0 Å². The zero-order valence-corrected chi connectivity index (χ0v) is 12.7. The van der Waals surface area contributed by atoms with Crippen molar-refractivity contribution in [2.75, 3.05) is 0 Å². The third kappa shape index (κ3) is 2.03.